The van der Waals surface area contributed by atoms with E-state index in [0.29, 0.717) is 30.3 Å². The van der Waals surface area contributed by atoms with Crippen LogP contribution in [0.2, 0.25) is 0 Å². The summed E-state index contributed by atoms with van der Waals surface area (Å²) in [4.78, 5) is 12.9. The van der Waals surface area contributed by atoms with E-state index in [0.717, 1.165) is 11.6 Å². The third kappa shape index (κ3) is 5.14. The van der Waals surface area contributed by atoms with E-state index in [4.69, 9.17) is 9.47 Å². The number of carbonyl (C=O) groups excluding carboxylic acids is 1. The van der Waals surface area contributed by atoms with E-state index in [2.05, 4.69) is 10.0 Å². The van der Waals surface area contributed by atoms with Crippen LogP contribution in [0.5, 0.6) is 11.5 Å². The van der Waals surface area contributed by atoms with E-state index in [1.54, 1.807) is 0 Å². The number of halogens is 1. The van der Waals surface area contributed by atoms with Crippen LogP contribution in [0.3, 0.4) is 0 Å². The second-order valence-electron chi connectivity index (χ2n) is 8.21. The highest BCUT2D eigenvalue weighted by Crippen LogP contribution is 2.34. The maximum absolute atomic E-state index is 13.8. The highest BCUT2D eigenvalue weighted by atomic mass is 32.2. The van der Waals surface area contributed by atoms with Crippen molar-refractivity contribution < 1.29 is 27.1 Å². The lowest BCUT2D eigenvalue weighted by Crippen LogP contribution is -2.32. The third-order valence-corrected chi connectivity index (χ3v) is 6.81. The fraction of sp³-hybridized carbons (Fsp3) is 0.240. The van der Waals surface area contributed by atoms with Crippen LogP contribution in [0.25, 0.3) is 0 Å². The minimum Gasteiger partial charge on any atom is -0.486 e. The highest BCUT2D eigenvalue weighted by molar-refractivity contribution is 7.92. The van der Waals surface area contributed by atoms with E-state index in [-0.39, 0.29) is 28.4 Å². The zero-order chi connectivity index (χ0) is 24.3. The minimum absolute atomic E-state index is 0.0797. The van der Waals surface area contributed by atoms with E-state index in [1.165, 1.54) is 42.5 Å². The van der Waals surface area contributed by atoms with Gasteiger partial charge in [-0.2, -0.15) is 0 Å². The number of nitrogens with one attached hydrogen (secondary N) is 2. The van der Waals surface area contributed by atoms with Gasteiger partial charge in [0.1, 0.15) is 19.0 Å². The molecule has 9 heteroatoms. The van der Waals surface area contributed by atoms with Crippen molar-refractivity contribution in [1.82, 2.24) is 5.32 Å². The fourth-order valence-corrected chi connectivity index (χ4v) is 4.71. The van der Waals surface area contributed by atoms with E-state index in [9.17, 15) is 17.6 Å². The quantitative estimate of drug-likeness (QED) is 0.514. The lowest BCUT2D eigenvalue weighted by molar-refractivity contribution is 0.0925. The molecule has 1 aliphatic rings. The number of rotatable bonds is 7. The molecule has 34 heavy (non-hydrogen) atoms. The first kappa shape index (κ1) is 23.6. The Hall–Kier alpha value is -3.59. The van der Waals surface area contributed by atoms with Gasteiger partial charge in [-0.05, 0) is 60.0 Å². The molecule has 2 N–H and O–H groups in total. The predicted octanol–water partition coefficient (Wildman–Crippen LogP) is 4.52. The number of para-hydroxylation sites is 1. The number of sulfonamides is 1. The first-order valence-corrected chi connectivity index (χ1v) is 12.3. The average Bonchev–Trinajstić information content (AvgIpc) is 2.83. The van der Waals surface area contributed by atoms with Crippen molar-refractivity contribution in [3.05, 3.63) is 83.7 Å². The summed E-state index contributed by atoms with van der Waals surface area (Å²) in [6, 6.07) is 16.3. The normalized spacial score (nSPS) is 13.9. The molecule has 0 aliphatic carbocycles. The zero-order valence-electron chi connectivity index (χ0n) is 18.7. The summed E-state index contributed by atoms with van der Waals surface area (Å²) in [5.41, 5.74) is 1.03. The Bertz CT molecular complexity index is 1290. The minimum atomic E-state index is -4.01. The number of ether oxygens (including phenoxy) is 2. The number of amides is 1. The third-order valence-electron chi connectivity index (χ3n) is 5.42. The van der Waals surface area contributed by atoms with Gasteiger partial charge < -0.3 is 14.8 Å². The number of fused-ring (bicyclic) bond motifs is 1. The Morgan fingerprint density at radius 1 is 0.941 bits per heavy atom. The number of hydrogen-bond donors (Lipinski definition) is 2. The van der Waals surface area contributed by atoms with Gasteiger partial charge in [-0.25, -0.2) is 12.8 Å². The summed E-state index contributed by atoms with van der Waals surface area (Å²) in [7, 11) is -4.01. The molecule has 0 radical (unpaired) electrons. The summed E-state index contributed by atoms with van der Waals surface area (Å²) in [6.07, 6.45) is 0. The van der Waals surface area contributed by atoms with Crippen molar-refractivity contribution in [3.8, 4) is 11.5 Å². The number of hydrogen-bond acceptors (Lipinski definition) is 5. The maximum Gasteiger partial charge on any atom is 0.261 e. The maximum atomic E-state index is 13.8. The van der Waals surface area contributed by atoms with Crippen LogP contribution in [0.1, 0.15) is 35.8 Å². The fourth-order valence-electron chi connectivity index (χ4n) is 3.65. The lowest BCUT2D eigenvalue weighted by Gasteiger charge is -2.25. The number of anilines is 1. The smallest absolute Gasteiger partial charge is 0.261 e. The molecule has 7 nitrogen and oxygen atoms in total. The summed E-state index contributed by atoms with van der Waals surface area (Å²) in [5, 5.41) is 3.01. The standard InChI is InChI=1S/C25H25FN2O5S/c1-16(2)24(18-9-12-22-23(15-18)33-14-13-32-22)27-25(29)17-7-10-19(11-8-17)34(30,31)28-21-6-4-3-5-20(21)26/h3-12,15-16,24,28H,13-14H2,1-2H3,(H,27,29)/t24-/m1/s1. The number of benzene rings is 3. The van der Waals surface area contributed by atoms with Gasteiger partial charge in [0, 0.05) is 5.56 Å². The Morgan fingerprint density at radius 2 is 1.62 bits per heavy atom. The first-order chi connectivity index (χ1) is 16.2. The van der Waals surface area contributed by atoms with E-state index in [1.807, 2.05) is 32.0 Å². The molecule has 0 unspecified atom stereocenters. The second kappa shape index (κ2) is 9.72. The zero-order valence-corrected chi connectivity index (χ0v) is 19.6. The topological polar surface area (TPSA) is 93.7 Å². The van der Waals surface area contributed by atoms with Gasteiger partial charge >= 0.3 is 0 Å². The Labute approximate surface area is 198 Å². The SMILES string of the molecule is CC(C)[C@@H](NC(=O)c1ccc(S(=O)(=O)Nc2ccccc2F)cc1)c1ccc2c(c1)OCCO2. The van der Waals surface area contributed by atoms with Gasteiger partial charge in [0.15, 0.2) is 11.5 Å². The molecule has 1 heterocycles. The summed E-state index contributed by atoms with van der Waals surface area (Å²) >= 11 is 0. The highest BCUT2D eigenvalue weighted by Gasteiger charge is 2.23. The van der Waals surface area contributed by atoms with E-state index >= 15 is 0 Å². The van der Waals surface area contributed by atoms with Gasteiger partial charge in [-0.15, -0.1) is 0 Å². The molecule has 3 aromatic rings. The van der Waals surface area contributed by atoms with Crippen molar-refractivity contribution in [3.63, 3.8) is 0 Å². The Kier molecular flexibility index (Phi) is 6.74. The molecule has 0 fully saturated rings. The molecule has 0 spiro atoms. The molecule has 3 aromatic carbocycles. The van der Waals surface area contributed by atoms with Crippen LogP contribution in [0, 0.1) is 11.7 Å². The van der Waals surface area contributed by atoms with Crippen molar-refractivity contribution in [2.75, 3.05) is 17.9 Å². The van der Waals surface area contributed by atoms with Crippen molar-refractivity contribution in [1.29, 1.82) is 0 Å². The van der Waals surface area contributed by atoms with Crippen LogP contribution in [0.15, 0.2) is 71.6 Å². The molecule has 178 valence electrons. The Morgan fingerprint density at radius 3 is 2.29 bits per heavy atom. The van der Waals surface area contributed by atoms with Crippen molar-refractivity contribution in [2.24, 2.45) is 5.92 Å². The number of carbonyl (C=O) groups is 1. The van der Waals surface area contributed by atoms with E-state index < -0.39 is 15.8 Å². The van der Waals surface area contributed by atoms with Gasteiger partial charge in [-0.3, -0.25) is 9.52 Å². The van der Waals surface area contributed by atoms with Gasteiger partial charge in [0.25, 0.3) is 15.9 Å². The van der Waals surface area contributed by atoms with Crippen molar-refractivity contribution in [2.45, 2.75) is 24.8 Å². The molecular weight excluding hydrogens is 459 g/mol. The van der Waals surface area contributed by atoms with Crippen LogP contribution >= 0.6 is 0 Å². The van der Waals surface area contributed by atoms with Crippen LogP contribution in [-0.4, -0.2) is 27.5 Å². The molecule has 0 saturated carbocycles. The molecule has 1 aliphatic heterocycles. The van der Waals surface area contributed by atoms with Gasteiger partial charge in [-0.1, -0.05) is 32.0 Å². The van der Waals surface area contributed by atoms with Crippen LogP contribution in [0.4, 0.5) is 10.1 Å². The first-order valence-electron chi connectivity index (χ1n) is 10.8. The van der Waals surface area contributed by atoms with Gasteiger partial charge in [0.05, 0.1) is 16.6 Å². The average molecular weight is 485 g/mol. The van der Waals surface area contributed by atoms with Crippen molar-refractivity contribution >= 4 is 21.6 Å². The second-order valence-corrected chi connectivity index (χ2v) is 9.89. The molecule has 0 saturated heterocycles. The van der Waals surface area contributed by atoms with Gasteiger partial charge in [0.2, 0.25) is 0 Å². The molecule has 0 aromatic heterocycles. The summed E-state index contributed by atoms with van der Waals surface area (Å²) < 4.78 is 52.5. The molecular formula is C25H25FN2O5S. The lowest BCUT2D eigenvalue weighted by atomic mass is 9.95. The van der Waals surface area contributed by atoms with Crippen LogP contribution < -0.4 is 19.5 Å². The summed E-state index contributed by atoms with van der Waals surface area (Å²) in [6.45, 7) is 4.95. The predicted molar refractivity (Wildman–Crippen MR) is 126 cm³/mol. The van der Waals surface area contributed by atoms with Crippen LogP contribution in [-0.2, 0) is 10.0 Å². The largest absolute Gasteiger partial charge is 0.486 e. The molecule has 1 amide bonds. The molecule has 0 bridgehead atoms. The summed E-state index contributed by atoms with van der Waals surface area (Å²) in [5.74, 6) is 0.363. The monoisotopic (exact) mass is 484 g/mol. The Balaban J connectivity index is 1.50. The molecule has 1 atom stereocenters. The molecule has 4 rings (SSSR count).